The first-order valence-electron chi connectivity index (χ1n) is 5.10. The third-order valence-electron chi connectivity index (χ3n) is 2.18. The van der Waals surface area contributed by atoms with Crippen LogP contribution in [-0.2, 0) is 0 Å². The van der Waals surface area contributed by atoms with Crippen LogP contribution in [0.2, 0.25) is 0 Å². The number of amidine groups is 1. The molecular weight excluding hydrogens is 204 g/mol. The monoisotopic (exact) mass is 222 g/mol. The maximum Gasteiger partial charge on any atom is 0.129 e. The molecule has 0 aromatic heterocycles. The van der Waals surface area contributed by atoms with Crippen molar-refractivity contribution in [3.63, 3.8) is 0 Å². The van der Waals surface area contributed by atoms with Gasteiger partial charge in [0.15, 0.2) is 0 Å². The van der Waals surface area contributed by atoms with E-state index in [9.17, 15) is 0 Å². The minimum absolute atomic E-state index is 0.982. The smallest absolute Gasteiger partial charge is 0.129 e. The minimum Gasteiger partial charge on any atom is -0.363 e. The van der Waals surface area contributed by atoms with Gasteiger partial charge in [-0.1, -0.05) is 30.3 Å². The molecule has 0 saturated heterocycles. The summed E-state index contributed by atoms with van der Waals surface area (Å²) in [5.41, 5.74) is 1.24. The topological polar surface area (TPSA) is 15.6 Å². The Morgan fingerprint density at radius 2 is 1.93 bits per heavy atom. The highest BCUT2D eigenvalue weighted by molar-refractivity contribution is 6.13. The van der Waals surface area contributed by atoms with E-state index in [4.69, 9.17) is 0 Å². The van der Waals surface area contributed by atoms with Crippen molar-refractivity contribution in [2.24, 2.45) is 4.99 Å². The Morgan fingerprint density at radius 3 is 2.43 bits per heavy atom. The predicted octanol–water partition coefficient (Wildman–Crippen LogP) is -0.989. The van der Waals surface area contributed by atoms with E-state index >= 15 is 0 Å². The molecule has 0 aliphatic rings. The quantitative estimate of drug-likeness (QED) is 0.364. The highest BCUT2D eigenvalue weighted by atomic mass is 28.1. The molecule has 1 rings (SSSR count). The van der Waals surface area contributed by atoms with Crippen LogP contribution in [0.1, 0.15) is 5.56 Å². The molecule has 0 unspecified atom stereocenters. The first kappa shape index (κ1) is 11.2. The lowest BCUT2D eigenvalue weighted by molar-refractivity contribution is 0.592. The summed E-state index contributed by atoms with van der Waals surface area (Å²) in [5, 5.41) is 0. The van der Waals surface area contributed by atoms with Crippen LogP contribution in [0.5, 0.6) is 0 Å². The van der Waals surface area contributed by atoms with Gasteiger partial charge in [-0.3, -0.25) is 4.99 Å². The molecule has 0 radical (unpaired) electrons. The van der Waals surface area contributed by atoms with Gasteiger partial charge in [0.25, 0.3) is 0 Å². The van der Waals surface area contributed by atoms with Crippen LogP contribution in [0.15, 0.2) is 35.3 Å². The Morgan fingerprint density at radius 1 is 1.29 bits per heavy atom. The number of hydrogen-bond donors (Lipinski definition) is 0. The molecule has 1 aromatic rings. The SMILES string of the molecule is CN(C[SiH3])C(=NC[SiH3])c1ccccc1. The maximum atomic E-state index is 4.59. The average molecular weight is 222 g/mol. The summed E-state index contributed by atoms with van der Waals surface area (Å²) in [6.45, 7) is 0. The summed E-state index contributed by atoms with van der Waals surface area (Å²) >= 11 is 0. The lowest BCUT2D eigenvalue weighted by Gasteiger charge is -2.19. The lowest BCUT2D eigenvalue weighted by atomic mass is 10.2. The molecule has 4 heteroatoms. The highest BCUT2D eigenvalue weighted by Crippen LogP contribution is 2.03. The Bertz CT molecular complexity index is 298. The van der Waals surface area contributed by atoms with E-state index in [1.807, 2.05) is 6.07 Å². The van der Waals surface area contributed by atoms with Gasteiger partial charge in [-0.25, -0.2) is 0 Å². The summed E-state index contributed by atoms with van der Waals surface area (Å²) in [6, 6.07) is 10.4. The first-order valence-corrected chi connectivity index (χ1v) is 7.93. The van der Waals surface area contributed by atoms with Crippen LogP contribution in [0.25, 0.3) is 0 Å². The Kier molecular flexibility index (Phi) is 4.62. The molecule has 0 atom stereocenters. The maximum absolute atomic E-state index is 4.59. The van der Waals surface area contributed by atoms with Crippen molar-refractivity contribution in [3.05, 3.63) is 35.9 Å². The fourth-order valence-electron chi connectivity index (χ4n) is 1.32. The highest BCUT2D eigenvalue weighted by Gasteiger charge is 2.05. The Balaban J connectivity index is 2.95. The number of hydrogen-bond acceptors (Lipinski definition) is 1. The van der Waals surface area contributed by atoms with Crippen molar-refractivity contribution in [1.29, 1.82) is 0 Å². The van der Waals surface area contributed by atoms with Crippen molar-refractivity contribution in [2.45, 2.75) is 0 Å². The van der Waals surface area contributed by atoms with Crippen molar-refractivity contribution < 1.29 is 0 Å². The standard InChI is InChI=1S/C10H18N2Si2/c1-12(8-14)10(11-7-13)9-5-3-2-4-6-9/h2-6H,7-8H2,1,13-14H3. The largest absolute Gasteiger partial charge is 0.363 e. The molecule has 1 aromatic carbocycles. The van der Waals surface area contributed by atoms with E-state index in [1.54, 1.807) is 0 Å². The summed E-state index contributed by atoms with van der Waals surface area (Å²) in [5.74, 6) is 1.15. The fraction of sp³-hybridized carbons (Fsp3) is 0.300. The third kappa shape index (κ3) is 2.82. The van der Waals surface area contributed by atoms with Gasteiger partial charge in [0.05, 0.1) is 0 Å². The second-order valence-corrected chi connectivity index (χ2v) is 4.44. The number of nitrogens with zero attached hydrogens (tertiary/aromatic N) is 2. The van der Waals surface area contributed by atoms with Crippen molar-refractivity contribution >= 4 is 26.3 Å². The zero-order valence-corrected chi connectivity index (χ0v) is 13.2. The van der Waals surface area contributed by atoms with Crippen molar-refractivity contribution in [1.82, 2.24) is 4.90 Å². The number of benzene rings is 1. The van der Waals surface area contributed by atoms with Crippen LogP contribution >= 0.6 is 0 Å². The Hall–Kier alpha value is -0.876. The van der Waals surface area contributed by atoms with Gasteiger partial charge in [-0.2, -0.15) is 0 Å². The molecular formula is C10H18N2Si2. The number of aliphatic imine (C=N–C) groups is 1. The molecule has 2 nitrogen and oxygen atoms in total. The molecule has 14 heavy (non-hydrogen) atoms. The van der Waals surface area contributed by atoms with Crippen LogP contribution < -0.4 is 0 Å². The summed E-state index contributed by atoms with van der Waals surface area (Å²) in [7, 11) is 4.44. The van der Waals surface area contributed by atoms with Crippen LogP contribution in [-0.4, -0.2) is 50.6 Å². The van der Waals surface area contributed by atoms with E-state index in [-0.39, 0.29) is 0 Å². The third-order valence-corrected chi connectivity index (χ3v) is 3.44. The average Bonchev–Trinajstić information content (AvgIpc) is 2.26. The van der Waals surface area contributed by atoms with Gasteiger partial charge in [-0.15, -0.1) is 0 Å². The van der Waals surface area contributed by atoms with Gasteiger partial charge in [0, 0.05) is 45.4 Å². The van der Waals surface area contributed by atoms with Crippen LogP contribution in [0.4, 0.5) is 0 Å². The summed E-state index contributed by atoms with van der Waals surface area (Å²) in [4.78, 5) is 6.84. The van der Waals surface area contributed by atoms with E-state index in [0.717, 1.165) is 28.4 Å². The van der Waals surface area contributed by atoms with Gasteiger partial charge in [0.1, 0.15) is 5.84 Å². The van der Waals surface area contributed by atoms with E-state index in [1.165, 1.54) is 15.8 Å². The summed E-state index contributed by atoms with van der Waals surface area (Å²) < 4.78 is 0. The minimum atomic E-state index is 0.982. The first-order chi connectivity index (χ1) is 6.79. The van der Waals surface area contributed by atoms with Gasteiger partial charge in [-0.05, 0) is 0 Å². The molecule has 0 aliphatic heterocycles. The summed E-state index contributed by atoms with van der Waals surface area (Å²) in [6.07, 6.45) is 2.12. The Labute approximate surface area is 91.9 Å². The molecule has 0 fully saturated rings. The fourth-order valence-corrected chi connectivity index (χ4v) is 1.92. The lowest BCUT2D eigenvalue weighted by Crippen LogP contribution is -2.29. The predicted molar refractivity (Wildman–Crippen MR) is 70.4 cm³/mol. The molecule has 0 bridgehead atoms. The van der Waals surface area contributed by atoms with Gasteiger partial charge >= 0.3 is 0 Å². The number of rotatable bonds is 3. The van der Waals surface area contributed by atoms with Gasteiger partial charge < -0.3 is 4.90 Å². The van der Waals surface area contributed by atoms with Crippen LogP contribution in [0.3, 0.4) is 0 Å². The second kappa shape index (κ2) is 5.77. The molecule has 0 saturated carbocycles. The molecule has 0 heterocycles. The molecule has 0 spiro atoms. The van der Waals surface area contributed by atoms with E-state index in [0.29, 0.717) is 0 Å². The van der Waals surface area contributed by atoms with E-state index < -0.39 is 0 Å². The van der Waals surface area contributed by atoms with Crippen LogP contribution in [0, 0.1) is 0 Å². The van der Waals surface area contributed by atoms with Crippen molar-refractivity contribution in [2.75, 3.05) is 19.4 Å². The molecule has 0 N–H and O–H groups in total. The second-order valence-electron chi connectivity index (χ2n) is 3.18. The normalized spacial score (nSPS) is 11.9. The zero-order valence-electron chi connectivity index (χ0n) is 9.20. The van der Waals surface area contributed by atoms with Crippen molar-refractivity contribution in [3.8, 4) is 0 Å². The molecule has 0 amide bonds. The molecule has 0 aliphatic carbocycles. The van der Waals surface area contributed by atoms with Gasteiger partial charge in [0.2, 0.25) is 0 Å². The zero-order chi connectivity index (χ0) is 10.4. The van der Waals surface area contributed by atoms with E-state index in [2.05, 4.69) is 41.2 Å². The molecule has 76 valence electrons.